The minimum absolute atomic E-state index is 0.111. The van der Waals surface area contributed by atoms with Gasteiger partial charge in [-0.2, -0.15) is 0 Å². The van der Waals surface area contributed by atoms with Gasteiger partial charge in [0.25, 0.3) is 5.91 Å². The molecule has 2 aromatic rings. The third kappa shape index (κ3) is 4.60. The van der Waals surface area contributed by atoms with E-state index in [-0.39, 0.29) is 11.3 Å². The first-order valence-corrected chi connectivity index (χ1v) is 13.6. The van der Waals surface area contributed by atoms with Crippen molar-refractivity contribution < 1.29 is 14.7 Å². The Morgan fingerprint density at radius 2 is 1.91 bits per heavy atom. The normalized spacial score (nSPS) is 27.2. The maximum atomic E-state index is 12.6. The average molecular weight is 514 g/mol. The lowest BCUT2D eigenvalue weighted by Gasteiger charge is -2.48. The van der Waals surface area contributed by atoms with Gasteiger partial charge in [-0.25, -0.2) is 0 Å². The Bertz CT molecular complexity index is 1160. The van der Waals surface area contributed by atoms with Gasteiger partial charge in [0, 0.05) is 23.9 Å². The summed E-state index contributed by atoms with van der Waals surface area (Å²) in [5.41, 5.74) is 4.07. The van der Waals surface area contributed by atoms with E-state index >= 15 is 0 Å². The molecule has 2 N–H and O–H groups in total. The molecule has 1 amide bonds. The van der Waals surface area contributed by atoms with Gasteiger partial charge in [-0.3, -0.25) is 9.59 Å². The number of aromatic hydroxyl groups is 1. The monoisotopic (exact) mass is 513 g/mol. The van der Waals surface area contributed by atoms with Gasteiger partial charge < -0.3 is 10.4 Å². The molecule has 2 fully saturated rings. The highest BCUT2D eigenvalue weighted by Crippen LogP contribution is 2.59. The van der Waals surface area contributed by atoms with Gasteiger partial charge in [0.2, 0.25) is 0 Å². The van der Waals surface area contributed by atoms with Crippen LogP contribution >= 0.6 is 23.2 Å². The lowest BCUT2D eigenvalue weighted by molar-refractivity contribution is -0.129. The van der Waals surface area contributed by atoms with Gasteiger partial charge >= 0.3 is 0 Å². The predicted molar refractivity (Wildman–Crippen MR) is 139 cm³/mol. The van der Waals surface area contributed by atoms with Gasteiger partial charge in [0.05, 0.1) is 10.0 Å². The van der Waals surface area contributed by atoms with Crippen LogP contribution in [0.2, 0.25) is 10.0 Å². The molecule has 3 aliphatic carbocycles. The summed E-state index contributed by atoms with van der Waals surface area (Å²) >= 11 is 11.9. The topological polar surface area (TPSA) is 66.4 Å². The van der Waals surface area contributed by atoms with Crippen molar-refractivity contribution in [2.24, 2.45) is 17.3 Å². The lowest BCUT2D eigenvalue weighted by atomic mass is 9.55. The number of fused-ring (bicyclic) bond motifs is 5. The summed E-state index contributed by atoms with van der Waals surface area (Å²) < 4.78 is 0. The van der Waals surface area contributed by atoms with E-state index in [0.717, 1.165) is 63.4 Å². The summed E-state index contributed by atoms with van der Waals surface area (Å²) in [6, 6.07) is 9.10. The van der Waals surface area contributed by atoms with E-state index in [1.807, 2.05) is 6.07 Å². The van der Waals surface area contributed by atoms with Crippen LogP contribution in [0.3, 0.4) is 0 Å². The van der Waals surface area contributed by atoms with Crippen LogP contribution in [0.25, 0.3) is 0 Å². The van der Waals surface area contributed by atoms with Crippen LogP contribution in [-0.4, -0.2) is 23.3 Å². The maximum absolute atomic E-state index is 12.6. The van der Waals surface area contributed by atoms with Crippen molar-refractivity contribution in [3.05, 3.63) is 62.6 Å². The first kappa shape index (κ1) is 24.6. The Labute approximate surface area is 217 Å². The number of Topliss-reactive ketones (excluding diaryl/α,β-unsaturated/α-hetero) is 1. The summed E-state index contributed by atoms with van der Waals surface area (Å²) in [5, 5.41) is 14.4. The molecule has 0 aliphatic heterocycles. The van der Waals surface area contributed by atoms with Crippen LogP contribution in [0.15, 0.2) is 30.3 Å². The molecule has 0 bridgehead atoms. The van der Waals surface area contributed by atoms with Gasteiger partial charge in [0.15, 0.2) is 0 Å². The molecule has 3 unspecified atom stereocenters. The standard InChI is InChI=1S/C29H33Cl2NO3/c1-29-12-11-20-21(23(29)8-10-27(29)34)7-5-17-16-26(33)18(14-22(17)20)4-2-3-13-32-28(35)19-6-9-24(30)25(31)15-19/h6,9,14-16,20-21,23,33H,2-5,7-8,10-13H2,1H3,(H,32,35)/t20?,21?,23?,29-/m0/s1. The zero-order valence-corrected chi connectivity index (χ0v) is 21.7. The quantitative estimate of drug-likeness (QED) is 0.413. The molecule has 0 spiro atoms. The van der Waals surface area contributed by atoms with Crippen molar-refractivity contribution in [2.45, 2.75) is 70.6 Å². The maximum Gasteiger partial charge on any atom is 0.251 e. The van der Waals surface area contributed by atoms with E-state index in [4.69, 9.17) is 23.2 Å². The zero-order chi connectivity index (χ0) is 24.7. The summed E-state index contributed by atoms with van der Waals surface area (Å²) in [6.07, 6.45) is 8.44. The molecule has 2 aromatic carbocycles. The molecule has 5 rings (SSSR count). The van der Waals surface area contributed by atoms with Crippen LogP contribution in [0.1, 0.15) is 84.8 Å². The van der Waals surface area contributed by atoms with Gasteiger partial charge in [-0.05, 0) is 110 Å². The van der Waals surface area contributed by atoms with E-state index in [0.29, 0.717) is 51.4 Å². The number of benzene rings is 2. The fraction of sp³-hybridized carbons (Fsp3) is 0.517. The van der Waals surface area contributed by atoms with Crippen molar-refractivity contribution in [3.63, 3.8) is 0 Å². The van der Waals surface area contributed by atoms with Crippen molar-refractivity contribution in [1.82, 2.24) is 5.32 Å². The molecule has 4 nitrogen and oxygen atoms in total. The predicted octanol–water partition coefficient (Wildman–Crippen LogP) is 6.88. The first-order valence-electron chi connectivity index (χ1n) is 12.9. The van der Waals surface area contributed by atoms with Gasteiger partial charge in [-0.15, -0.1) is 0 Å². The number of nitrogens with one attached hydrogen (secondary N) is 1. The van der Waals surface area contributed by atoms with Crippen molar-refractivity contribution in [2.75, 3.05) is 6.54 Å². The van der Waals surface area contributed by atoms with E-state index in [9.17, 15) is 14.7 Å². The SMILES string of the molecule is C[C@]12CCC3c4cc(CCCCNC(=O)c5ccc(Cl)c(Cl)c5)c(O)cc4CCC3C1CCC2=O. The number of aryl methyl sites for hydroxylation is 2. The number of phenolic OH excluding ortho intramolecular Hbond substituents is 1. The summed E-state index contributed by atoms with van der Waals surface area (Å²) in [7, 11) is 0. The highest BCUT2D eigenvalue weighted by molar-refractivity contribution is 6.42. The van der Waals surface area contributed by atoms with Gasteiger partial charge in [-0.1, -0.05) is 36.2 Å². The van der Waals surface area contributed by atoms with Gasteiger partial charge in [0.1, 0.15) is 11.5 Å². The second-order valence-corrected chi connectivity index (χ2v) is 11.7. The third-order valence-corrected chi connectivity index (χ3v) is 9.71. The van der Waals surface area contributed by atoms with Crippen LogP contribution in [0, 0.1) is 17.3 Å². The number of unbranched alkanes of at least 4 members (excludes halogenated alkanes) is 1. The number of ketones is 1. The Balaban J connectivity index is 1.19. The molecule has 3 aliphatic rings. The molecule has 4 atom stereocenters. The number of halogens is 2. The number of rotatable bonds is 6. The molecular weight excluding hydrogens is 481 g/mol. The molecule has 0 radical (unpaired) electrons. The minimum Gasteiger partial charge on any atom is -0.508 e. The van der Waals surface area contributed by atoms with Crippen molar-refractivity contribution >= 4 is 34.9 Å². The second kappa shape index (κ2) is 9.78. The molecule has 0 saturated heterocycles. The summed E-state index contributed by atoms with van der Waals surface area (Å²) in [5.74, 6) is 2.30. The number of amides is 1. The number of hydrogen-bond acceptors (Lipinski definition) is 3. The van der Waals surface area contributed by atoms with Crippen molar-refractivity contribution in [3.8, 4) is 5.75 Å². The average Bonchev–Trinajstić information content (AvgIpc) is 3.15. The third-order valence-electron chi connectivity index (χ3n) is 8.97. The zero-order valence-electron chi connectivity index (χ0n) is 20.2. The summed E-state index contributed by atoms with van der Waals surface area (Å²) in [6.45, 7) is 2.77. The van der Waals surface area contributed by atoms with Crippen LogP contribution in [-0.2, 0) is 17.6 Å². The number of carbonyl (C=O) groups excluding carboxylic acids is 2. The number of carbonyl (C=O) groups is 2. The number of phenols is 1. The largest absolute Gasteiger partial charge is 0.508 e. The molecule has 0 heterocycles. The van der Waals surface area contributed by atoms with E-state index in [1.54, 1.807) is 18.2 Å². The summed E-state index contributed by atoms with van der Waals surface area (Å²) in [4.78, 5) is 24.9. The Hall–Kier alpha value is -2.04. The number of hydrogen-bond donors (Lipinski definition) is 2. The second-order valence-electron chi connectivity index (χ2n) is 10.9. The Morgan fingerprint density at radius 1 is 1.09 bits per heavy atom. The smallest absolute Gasteiger partial charge is 0.251 e. The van der Waals surface area contributed by atoms with E-state index in [1.165, 1.54) is 11.1 Å². The van der Waals surface area contributed by atoms with Crippen LogP contribution in [0.4, 0.5) is 0 Å². The van der Waals surface area contributed by atoms with E-state index < -0.39 is 0 Å². The molecule has 6 heteroatoms. The molecule has 35 heavy (non-hydrogen) atoms. The molecule has 0 aromatic heterocycles. The highest BCUT2D eigenvalue weighted by Gasteiger charge is 2.54. The highest BCUT2D eigenvalue weighted by atomic mass is 35.5. The Morgan fingerprint density at radius 3 is 2.71 bits per heavy atom. The fourth-order valence-corrected chi connectivity index (χ4v) is 7.31. The van der Waals surface area contributed by atoms with Crippen LogP contribution in [0.5, 0.6) is 5.75 Å². The molecule has 186 valence electrons. The van der Waals surface area contributed by atoms with E-state index in [2.05, 4.69) is 18.3 Å². The minimum atomic E-state index is -0.166. The van der Waals surface area contributed by atoms with Crippen LogP contribution < -0.4 is 5.32 Å². The molecule has 2 saturated carbocycles. The fourth-order valence-electron chi connectivity index (χ4n) is 7.01. The first-order chi connectivity index (χ1) is 16.8. The molecular formula is C29H33Cl2NO3. The lowest BCUT2D eigenvalue weighted by Crippen LogP contribution is -2.42. The van der Waals surface area contributed by atoms with Crippen molar-refractivity contribution in [1.29, 1.82) is 0 Å². The Kier molecular flexibility index (Phi) is 6.89.